The van der Waals surface area contributed by atoms with Crippen molar-refractivity contribution < 1.29 is 4.79 Å². The van der Waals surface area contributed by atoms with Crippen LogP contribution in [0.2, 0.25) is 0 Å². The van der Waals surface area contributed by atoms with Crippen LogP contribution in [-0.2, 0) is 4.79 Å². The molecule has 2 aliphatic rings. The molecule has 0 saturated heterocycles. The van der Waals surface area contributed by atoms with E-state index in [4.69, 9.17) is 0 Å². The Morgan fingerprint density at radius 2 is 1.57 bits per heavy atom. The first-order valence-electron chi connectivity index (χ1n) is 6.03. The van der Waals surface area contributed by atoms with Crippen molar-refractivity contribution in [2.75, 3.05) is 0 Å². The van der Waals surface area contributed by atoms with E-state index in [1.807, 2.05) is 6.08 Å². The summed E-state index contributed by atoms with van der Waals surface area (Å²) in [5, 5.41) is 0. The van der Waals surface area contributed by atoms with Crippen LogP contribution in [0, 0.1) is 5.41 Å². The smallest absolute Gasteiger partial charge is 0.155 e. The zero-order valence-electron chi connectivity index (χ0n) is 8.93. The molecule has 0 aromatic carbocycles. The summed E-state index contributed by atoms with van der Waals surface area (Å²) in [4.78, 5) is 11.2. The van der Waals surface area contributed by atoms with Crippen LogP contribution < -0.4 is 0 Å². The van der Waals surface area contributed by atoms with Crippen molar-refractivity contribution in [3.63, 3.8) is 0 Å². The van der Waals surface area contributed by atoms with Crippen molar-refractivity contribution in [2.45, 2.75) is 57.8 Å². The van der Waals surface area contributed by atoms with Gasteiger partial charge in [0.25, 0.3) is 0 Å². The number of carbonyl (C=O) groups is 1. The fourth-order valence-electron chi connectivity index (χ4n) is 2.83. The number of ketones is 1. The maximum Gasteiger partial charge on any atom is 0.155 e. The summed E-state index contributed by atoms with van der Waals surface area (Å²) in [5.74, 6) is 0.331. The summed E-state index contributed by atoms with van der Waals surface area (Å²) in [7, 11) is 0. The van der Waals surface area contributed by atoms with Crippen LogP contribution in [0.15, 0.2) is 12.2 Å². The quantitative estimate of drug-likeness (QED) is 0.572. The number of hydrogen-bond donors (Lipinski definition) is 0. The summed E-state index contributed by atoms with van der Waals surface area (Å²) in [5.41, 5.74) is 0.411. The molecule has 1 spiro atoms. The molecule has 1 heteroatoms. The zero-order valence-corrected chi connectivity index (χ0v) is 8.93. The lowest BCUT2D eigenvalue weighted by molar-refractivity contribution is -0.115. The van der Waals surface area contributed by atoms with E-state index in [0.29, 0.717) is 11.2 Å². The minimum atomic E-state index is 0.331. The van der Waals surface area contributed by atoms with E-state index in [1.54, 1.807) is 0 Å². The summed E-state index contributed by atoms with van der Waals surface area (Å²) in [6.45, 7) is 0. The fourth-order valence-corrected chi connectivity index (χ4v) is 2.83. The summed E-state index contributed by atoms with van der Waals surface area (Å²) in [6.07, 6.45) is 15.5. The number of rotatable bonds is 0. The number of allylic oxidation sites excluding steroid dienone is 2. The molecule has 0 atom stereocenters. The summed E-state index contributed by atoms with van der Waals surface area (Å²) in [6, 6.07) is 0. The largest absolute Gasteiger partial charge is 0.295 e. The van der Waals surface area contributed by atoms with Gasteiger partial charge in [0.2, 0.25) is 0 Å². The van der Waals surface area contributed by atoms with E-state index in [9.17, 15) is 4.79 Å². The third-order valence-electron chi connectivity index (χ3n) is 3.84. The maximum absolute atomic E-state index is 11.2. The average Bonchev–Trinajstić information content (AvgIpc) is 2.16. The number of hydrogen-bond acceptors (Lipinski definition) is 1. The highest BCUT2D eigenvalue weighted by molar-refractivity contribution is 5.90. The first kappa shape index (κ1) is 9.95. The van der Waals surface area contributed by atoms with Crippen molar-refractivity contribution in [3.8, 4) is 0 Å². The van der Waals surface area contributed by atoms with Gasteiger partial charge in [-0.05, 0) is 30.8 Å². The van der Waals surface area contributed by atoms with Crippen LogP contribution in [-0.4, -0.2) is 5.78 Å². The predicted octanol–water partition coefficient (Wildman–Crippen LogP) is 3.64. The Morgan fingerprint density at radius 3 is 2.14 bits per heavy atom. The molecule has 1 saturated carbocycles. The molecule has 1 fully saturated rings. The lowest BCUT2D eigenvalue weighted by Gasteiger charge is -2.34. The van der Waals surface area contributed by atoms with Crippen LogP contribution in [0.4, 0.5) is 0 Å². The molecule has 1 nitrogen and oxygen atoms in total. The highest BCUT2D eigenvalue weighted by atomic mass is 16.1. The van der Waals surface area contributed by atoms with E-state index in [2.05, 4.69) is 6.08 Å². The molecule has 0 radical (unpaired) electrons. The lowest BCUT2D eigenvalue weighted by Crippen LogP contribution is -2.24. The second kappa shape index (κ2) is 4.29. The first-order chi connectivity index (χ1) is 6.81. The van der Waals surface area contributed by atoms with Crippen LogP contribution in [0.5, 0.6) is 0 Å². The Labute approximate surface area is 86.6 Å². The predicted molar refractivity (Wildman–Crippen MR) is 58.1 cm³/mol. The van der Waals surface area contributed by atoms with Gasteiger partial charge < -0.3 is 0 Å². The van der Waals surface area contributed by atoms with Crippen molar-refractivity contribution in [3.05, 3.63) is 12.2 Å². The van der Waals surface area contributed by atoms with Crippen molar-refractivity contribution in [1.29, 1.82) is 0 Å². The van der Waals surface area contributed by atoms with Crippen LogP contribution in [0.1, 0.15) is 57.8 Å². The minimum Gasteiger partial charge on any atom is -0.295 e. The minimum absolute atomic E-state index is 0.331. The van der Waals surface area contributed by atoms with Crippen LogP contribution >= 0.6 is 0 Å². The molecular formula is C13H20O. The van der Waals surface area contributed by atoms with Gasteiger partial charge >= 0.3 is 0 Å². The molecule has 2 rings (SSSR count). The van der Waals surface area contributed by atoms with Crippen molar-refractivity contribution >= 4 is 5.78 Å². The standard InChI is InChI=1S/C13H20O/c14-12-6-10-13(11-7-12)8-4-2-1-3-5-9-13/h6,10H,1-5,7-9,11H2. The first-order valence-corrected chi connectivity index (χ1v) is 6.03. The van der Waals surface area contributed by atoms with E-state index in [-0.39, 0.29) is 0 Å². The van der Waals surface area contributed by atoms with E-state index < -0.39 is 0 Å². The third-order valence-corrected chi connectivity index (χ3v) is 3.84. The Kier molecular flexibility index (Phi) is 3.05. The van der Waals surface area contributed by atoms with Gasteiger partial charge in [0, 0.05) is 6.42 Å². The molecule has 2 aliphatic carbocycles. The number of carbonyl (C=O) groups excluding carboxylic acids is 1. The Bertz CT molecular complexity index is 232. The molecule has 0 bridgehead atoms. The SMILES string of the molecule is O=C1C=CC2(CCCCCCC2)CC1. The maximum atomic E-state index is 11.2. The van der Waals surface area contributed by atoms with Gasteiger partial charge in [0.15, 0.2) is 5.78 Å². The molecule has 0 aliphatic heterocycles. The lowest BCUT2D eigenvalue weighted by atomic mass is 9.70. The summed E-state index contributed by atoms with van der Waals surface area (Å²) < 4.78 is 0. The van der Waals surface area contributed by atoms with Crippen LogP contribution in [0.3, 0.4) is 0 Å². The van der Waals surface area contributed by atoms with E-state index >= 15 is 0 Å². The van der Waals surface area contributed by atoms with Gasteiger partial charge in [-0.3, -0.25) is 4.79 Å². The molecule has 0 aromatic rings. The fraction of sp³-hybridized carbons (Fsp3) is 0.769. The molecule has 0 heterocycles. The highest BCUT2D eigenvalue weighted by Crippen LogP contribution is 2.41. The monoisotopic (exact) mass is 192 g/mol. The molecule has 14 heavy (non-hydrogen) atoms. The molecule has 78 valence electrons. The molecule has 0 amide bonds. The third kappa shape index (κ3) is 2.26. The van der Waals surface area contributed by atoms with Gasteiger partial charge in [0.05, 0.1) is 0 Å². The zero-order chi connectivity index (χ0) is 9.86. The average molecular weight is 192 g/mol. The Morgan fingerprint density at radius 1 is 0.929 bits per heavy atom. The molecular weight excluding hydrogens is 172 g/mol. The van der Waals surface area contributed by atoms with Gasteiger partial charge in [0.1, 0.15) is 0 Å². The van der Waals surface area contributed by atoms with Crippen molar-refractivity contribution in [1.82, 2.24) is 0 Å². The molecule has 0 aromatic heterocycles. The van der Waals surface area contributed by atoms with Gasteiger partial charge in [-0.1, -0.05) is 38.2 Å². The second-order valence-electron chi connectivity index (χ2n) is 4.93. The van der Waals surface area contributed by atoms with Gasteiger partial charge in [-0.15, -0.1) is 0 Å². The topological polar surface area (TPSA) is 17.1 Å². The van der Waals surface area contributed by atoms with Gasteiger partial charge in [-0.25, -0.2) is 0 Å². The van der Waals surface area contributed by atoms with Gasteiger partial charge in [-0.2, -0.15) is 0 Å². The Hall–Kier alpha value is -0.590. The molecule has 0 unspecified atom stereocenters. The normalized spacial score (nSPS) is 27.3. The van der Waals surface area contributed by atoms with Crippen molar-refractivity contribution in [2.24, 2.45) is 5.41 Å². The highest BCUT2D eigenvalue weighted by Gasteiger charge is 2.30. The van der Waals surface area contributed by atoms with E-state index in [1.165, 1.54) is 44.9 Å². The van der Waals surface area contributed by atoms with Crippen LogP contribution in [0.25, 0.3) is 0 Å². The Balaban J connectivity index is 2.04. The van der Waals surface area contributed by atoms with E-state index in [0.717, 1.165) is 12.8 Å². The summed E-state index contributed by atoms with van der Waals surface area (Å²) >= 11 is 0. The second-order valence-corrected chi connectivity index (χ2v) is 4.93. The molecule has 0 N–H and O–H groups in total.